The number of allylic oxidation sites excluding steroid dienone is 2. The highest BCUT2D eigenvalue weighted by molar-refractivity contribution is 5.93. The van der Waals surface area contributed by atoms with Crippen LogP contribution in [0.1, 0.15) is 71.0 Å². The predicted octanol–water partition coefficient (Wildman–Crippen LogP) is 6.04. The molecule has 0 unspecified atom stereocenters. The van der Waals surface area contributed by atoms with Crippen LogP contribution >= 0.6 is 0 Å². The van der Waals surface area contributed by atoms with Crippen LogP contribution in [0.5, 0.6) is 0 Å². The normalized spacial score (nSPS) is 42.4. The molecule has 0 saturated heterocycles. The molecule has 3 fully saturated rings. The van der Waals surface area contributed by atoms with Crippen molar-refractivity contribution < 1.29 is 9.52 Å². The molecule has 6 atom stereocenters. The van der Waals surface area contributed by atoms with Crippen molar-refractivity contribution in [2.75, 3.05) is 0 Å². The fourth-order valence-electron chi connectivity index (χ4n) is 7.26. The Hall–Kier alpha value is -1.94. The topological polar surface area (TPSA) is 58.1 Å². The Balaban J connectivity index is 1.33. The number of nitrogens with zero attached hydrogens (tertiary/aromatic N) is 2. The van der Waals surface area contributed by atoms with Gasteiger partial charge in [0.1, 0.15) is 5.76 Å². The van der Waals surface area contributed by atoms with E-state index in [1.807, 2.05) is 24.3 Å². The van der Waals surface area contributed by atoms with Gasteiger partial charge in [0.2, 0.25) is 0 Å². The summed E-state index contributed by atoms with van der Waals surface area (Å²) in [6, 6.07) is 3.81. The molecule has 1 N–H and O–H groups in total. The Bertz CT molecular complexity index is 896. The molecule has 1 heterocycles. The average Bonchev–Trinajstić information content (AvgIpc) is 3.36. The van der Waals surface area contributed by atoms with Gasteiger partial charge in [0.05, 0.1) is 12.4 Å². The van der Waals surface area contributed by atoms with Crippen LogP contribution in [-0.2, 0) is 0 Å². The maximum absolute atomic E-state index is 10.2. The van der Waals surface area contributed by atoms with Crippen LogP contribution in [0.3, 0.4) is 0 Å². The molecule has 0 bridgehead atoms. The molecule has 1 aromatic rings. The first-order valence-corrected chi connectivity index (χ1v) is 11.7. The van der Waals surface area contributed by atoms with Crippen molar-refractivity contribution >= 4 is 18.0 Å². The van der Waals surface area contributed by atoms with Gasteiger partial charge in [-0.25, -0.2) is 0 Å². The van der Waals surface area contributed by atoms with Crippen molar-refractivity contribution in [3.63, 3.8) is 0 Å². The monoisotopic (exact) mass is 406 g/mol. The lowest BCUT2D eigenvalue weighted by Crippen LogP contribution is -2.50. The number of hydrogen-bond acceptors (Lipinski definition) is 4. The zero-order chi connectivity index (χ0) is 20.8. The first kappa shape index (κ1) is 20.0. The van der Waals surface area contributed by atoms with Gasteiger partial charge in [-0.3, -0.25) is 0 Å². The number of fused-ring (bicyclic) bond motifs is 5. The molecule has 3 saturated carbocycles. The molecule has 5 rings (SSSR count). The van der Waals surface area contributed by atoms with Crippen LogP contribution in [-0.4, -0.2) is 23.1 Å². The van der Waals surface area contributed by atoms with Crippen LogP contribution in [0.4, 0.5) is 0 Å². The van der Waals surface area contributed by atoms with E-state index >= 15 is 0 Å². The van der Waals surface area contributed by atoms with E-state index in [0.717, 1.165) is 43.3 Å². The lowest BCUT2D eigenvalue weighted by atomic mass is 9.48. The molecule has 0 radical (unpaired) electrons. The lowest BCUT2D eigenvalue weighted by molar-refractivity contribution is -0.0209. The van der Waals surface area contributed by atoms with Gasteiger partial charge >= 0.3 is 0 Å². The van der Waals surface area contributed by atoms with Crippen molar-refractivity contribution in [3.8, 4) is 0 Å². The quantitative estimate of drug-likeness (QED) is 0.378. The number of hydrogen-bond donors (Lipinski definition) is 1. The van der Waals surface area contributed by atoms with Crippen LogP contribution in [0, 0.1) is 28.6 Å². The highest BCUT2D eigenvalue weighted by atomic mass is 16.3. The van der Waals surface area contributed by atoms with Crippen molar-refractivity contribution in [1.29, 1.82) is 0 Å². The van der Waals surface area contributed by atoms with Gasteiger partial charge < -0.3 is 9.52 Å². The Morgan fingerprint density at radius 2 is 1.97 bits per heavy atom. The maximum atomic E-state index is 10.2. The number of aliphatic hydroxyl groups excluding tert-OH is 1. The summed E-state index contributed by atoms with van der Waals surface area (Å²) in [6.07, 6.45) is 18.6. The average molecular weight is 407 g/mol. The van der Waals surface area contributed by atoms with Crippen LogP contribution in [0.15, 0.2) is 50.7 Å². The second kappa shape index (κ2) is 7.64. The minimum Gasteiger partial charge on any atom is -0.465 e. The third-order valence-corrected chi connectivity index (χ3v) is 8.95. The molecule has 160 valence electrons. The second-order valence-electron chi connectivity index (χ2n) is 10.3. The Labute approximate surface area is 179 Å². The summed E-state index contributed by atoms with van der Waals surface area (Å²) in [4.78, 5) is 0. The first-order chi connectivity index (χ1) is 14.5. The summed E-state index contributed by atoms with van der Waals surface area (Å²) in [5, 5.41) is 19.3. The molecular formula is C26H34N2O2. The lowest BCUT2D eigenvalue weighted by Gasteiger charge is -2.57. The largest absolute Gasteiger partial charge is 0.465 e. The molecule has 1 aromatic heterocycles. The van der Waals surface area contributed by atoms with E-state index in [1.54, 1.807) is 18.1 Å². The summed E-state index contributed by atoms with van der Waals surface area (Å²) < 4.78 is 5.30. The maximum Gasteiger partial charge on any atom is 0.126 e. The third-order valence-electron chi connectivity index (χ3n) is 8.95. The zero-order valence-electron chi connectivity index (χ0n) is 18.3. The van der Waals surface area contributed by atoms with Crippen molar-refractivity contribution in [1.82, 2.24) is 0 Å². The van der Waals surface area contributed by atoms with Gasteiger partial charge in [-0.05, 0) is 98.8 Å². The number of rotatable bonds is 3. The molecule has 4 aliphatic rings. The molecule has 4 nitrogen and oxygen atoms in total. The first-order valence-electron chi connectivity index (χ1n) is 11.7. The predicted molar refractivity (Wildman–Crippen MR) is 121 cm³/mol. The van der Waals surface area contributed by atoms with Crippen LogP contribution in [0.2, 0.25) is 0 Å². The molecule has 0 amide bonds. The van der Waals surface area contributed by atoms with Crippen molar-refractivity contribution in [2.45, 2.75) is 71.3 Å². The molecule has 30 heavy (non-hydrogen) atoms. The van der Waals surface area contributed by atoms with Crippen molar-refractivity contribution in [2.24, 2.45) is 38.8 Å². The van der Waals surface area contributed by atoms with E-state index in [1.165, 1.54) is 31.4 Å². The molecule has 4 heteroatoms. The van der Waals surface area contributed by atoms with Crippen LogP contribution < -0.4 is 0 Å². The van der Waals surface area contributed by atoms with E-state index in [4.69, 9.17) is 9.52 Å². The fourth-order valence-corrected chi connectivity index (χ4v) is 7.26. The second-order valence-corrected chi connectivity index (χ2v) is 10.3. The Morgan fingerprint density at radius 1 is 1.13 bits per heavy atom. The Kier molecular flexibility index (Phi) is 5.09. The van der Waals surface area contributed by atoms with E-state index in [9.17, 15) is 5.11 Å². The molecule has 4 aliphatic carbocycles. The van der Waals surface area contributed by atoms with E-state index in [0.29, 0.717) is 11.3 Å². The van der Waals surface area contributed by atoms with Gasteiger partial charge in [-0.2, -0.15) is 10.2 Å². The van der Waals surface area contributed by atoms with Gasteiger partial charge in [-0.1, -0.05) is 25.5 Å². The zero-order valence-corrected chi connectivity index (χ0v) is 18.3. The van der Waals surface area contributed by atoms with Crippen molar-refractivity contribution in [3.05, 3.63) is 41.9 Å². The SMILES string of the molecule is C[C@]12CC[C@H](O)CC1=CC[C@H]1[C@@H]2CC[C@]2(C)\C(=N/N=C\C=C\c3ccco3)CC[C@@H]12. The highest BCUT2D eigenvalue weighted by Crippen LogP contribution is 2.64. The van der Waals surface area contributed by atoms with E-state index in [2.05, 4.69) is 25.0 Å². The minimum absolute atomic E-state index is 0.125. The van der Waals surface area contributed by atoms with Gasteiger partial charge in [0.25, 0.3) is 0 Å². The smallest absolute Gasteiger partial charge is 0.126 e. The summed E-state index contributed by atoms with van der Waals surface area (Å²) in [7, 11) is 0. The number of aliphatic hydroxyl groups is 1. The summed E-state index contributed by atoms with van der Waals surface area (Å²) >= 11 is 0. The van der Waals surface area contributed by atoms with Gasteiger partial charge in [0.15, 0.2) is 0 Å². The minimum atomic E-state index is -0.125. The summed E-state index contributed by atoms with van der Waals surface area (Å²) in [5.41, 5.74) is 3.34. The summed E-state index contributed by atoms with van der Waals surface area (Å²) in [5.74, 6) is 3.06. The highest BCUT2D eigenvalue weighted by Gasteiger charge is 2.57. The standard InChI is InChI=1S/C26H34N2O2/c1-25-13-11-19(29)17-18(25)7-8-21-22-9-10-24(26(22,2)14-12-23(21)25)28-27-15-3-5-20-6-4-16-30-20/h3-7,15-16,19,21-23,29H,8-14,17H2,1-2H3/b5-3+,27-15-,28-24-/t19-,21+,22-,23-,25-,26-/m0/s1. The van der Waals surface area contributed by atoms with Gasteiger partial charge in [0, 0.05) is 17.3 Å². The van der Waals surface area contributed by atoms with Crippen LogP contribution in [0.25, 0.3) is 6.08 Å². The number of furan rings is 1. The van der Waals surface area contributed by atoms with E-state index in [-0.39, 0.29) is 11.5 Å². The molecular weight excluding hydrogens is 372 g/mol. The third kappa shape index (κ3) is 3.24. The van der Waals surface area contributed by atoms with Gasteiger partial charge in [-0.15, -0.1) is 0 Å². The summed E-state index contributed by atoms with van der Waals surface area (Å²) in [6.45, 7) is 4.93. The molecule has 0 spiro atoms. The Morgan fingerprint density at radius 3 is 2.80 bits per heavy atom. The van der Waals surface area contributed by atoms with E-state index < -0.39 is 0 Å². The molecule has 0 aromatic carbocycles. The fraction of sp³-hybridized carbons (Fsp3) is 0.615. The molecule has 0 aliphatic heterocycles.